The maximum absolute atomic E-state index is 12.4. The van der Waals surface area contributed by atoms with E-state index in [1.807, 2.05) is 42.5 Å². The third-order valence-electron chi connectivity index (χ3n) is 3.81. The number of carbonyl (C=O) groups is 1. The minimum atomic E-state index is -3.33. The molecule has 0 aliphatic heterocycles. The first-order valence-electron chi connectivity index (χ1n) is 7.87. The van der Waals surface area contributed by atoms with E-state index < -0.39 is 10.0 Å². The summed E-state index contributed by atoms with van der Waals surface area (Å²) in [4.78, 5) is 12.4. The lowest BCUT2D eigenvalue weighted by molar-refractivity contribution is 0.102. The molecule has 3 aromatic rings. The second-order valence-corrected chi connectivity index (χ2v) is 7.61. The van der Waals surface area contributed by atoms with Crippen molar-refractivity contribution in [1.82, 2.24) is 0 Å². The molecule has 0 bridgehead atoms. The van der Waals surface area contributed by atoms with Gasteiger partial charge in [0.25, 0.3) is 5.91 Å². The molecule has 128 valence electrons. The zero-order valence-electron chi connectivity index (χ0n) is 13.7. The molecule has 0 fully saturated rings. The molecule has 6 heteroatoms. The first kappa shape index (κ1) is 17.0. The van der Waals surface area contributed by atoms with Crippen LogP contribution in [-0.4, -0.2) is 20.1 Å². The van der Waals surface area contributed by atoms with Gasteiger partial charge in [-0.15, -0.1) is 0 Å². The summed E-state index contributed by atoms with van der Waals surface area (Å²) >= 11 is 0. The Bertz CT molecular complexity index is 1010. The lowest BCUT2D eigenvalue weighted by Gasteiger charge is -2.09. The molecule has 0 aromatic heterocycles. The Hall–Kier alpha value is -2.86. The number of anilines is 2. The molecule has 2 N–H and O–H groups in total. The first-order chi connectivity index (χ1) is 12.0. The molecule has 3 aromatic carbocycles. The predicted octanol–water partition coefficient (Wildman–Crippen LogP) is 3.85. The van der Waals surface area contributed by atoms with Gasteiger partial charge in [-0.1, -0.05) is 30.3 Å². The van der Waals surface area contributed by atoms with Crippen molar-refractivity contribution >= 4 is 38.1 Å². The summed E-state index contributed by atoms with van der Waals surface area (Å²) in [5, 5.41) is 5.00. The smallest absolute Gasteiger partial charge is 0.255 e. The molecule has 0 spiro atoms. The van der Waals surface area contributed by atoms with Crippen LogP contribution in [0, 0.1) is 0 Å². The molecule has 0 aliphatic carbocycles. The fraction of sp³-hybridized carbons (Fsp3) is 0.105. The highest BCUT2D eigenvalue weighted by molar-refractivity contribution is 7.92. The van der Waals surface area contributed by atoms with E-state index in [2.05, 4.69) is 10.0 Å². The lowest BCUT2D eigenvalue weighted by atomic mass is 10.1. The molecule has 0 atom stereocenters. The predicted molar refractivity (Wildman–Crippen MR) is 101 cm³/mol. The van der Waals surface area contributed by atoms with Crippen molar-refractivity contribution in [1.29, 1.82) is 0 Å². The van der Waals surface area contributed by atoms with E-state index in [1.165, 1.54) is 0 Å². The highest BCUT2D eigenvalue weighted by atomic mass is 32.2. The van der Waals surface area contributed by atoms with E-state index in [0.29, 0.717) is 16.9 Å². The van der Waals surface area contributed by atoms with Gasteiger partial charge in [0.1, 0.15) is 0 Å². The fourth-order valence-corrected chi connectivity index (χ4v) is 3.05. The summed E-state index contributed by atoms with van der Waals surface area (Å²) in [6.07, 6.45) is 0. The van der Waals surface area contributed by atoms with Crippen molar-refractivity contribution in [3.63, 3.8) is 0 Å². The molecule has 0 saturated heterocycles. The quantitative estimate of drug-likeness (QED) is 0.731. The topological polar surface area (TPSA) is 75.3 Å². The van der Waals surface area contributed by atoms with Gasteiger partial charge in [0.2, 0.25) is 10.0 Å². The summed E-state index contributed by atoms with van der Waals surface area (Å²) in [5.74, 6) is -0.253. The maximum Gasteiger partial charge on any atom is 0.255 e. The summed E-state index contributed by atoms with van der Waals surface area (Å²) in [7, 11) is -3.33. The highest BCUT2D eigenvalue weighted by Crippen LogP contribution is 2.20. The normalized spacial score (nSPS) is 11.2. The van der Waals surface area contributed by atoms with E-state index in [0.717, 1.165) is 10.8 Å². The van der Waals surface area contributed by atoms with Crippen molar-refractivity contribution in [3.05, 3.63) is 72.3 Å². The van der Waals surface area contributed by atoms with E-state index in [1.54, 1.807) is 31.2 Å². The third kappa shape index (κ3) is 4.16. The minimum absolute atomic E-state index is 0.00278. The van der Waals surface area contributed by atoms with Gasteiger partial charge >= 0.3 is 0 Å². The first-order valence-corrected chi connectivity index (χ1v) is 9.53. The standard InChI is InChI=1S/C19H18N2O3S/c1-2-25(23,24)21-17-10-8-15(9-11-17)19(22)20-18-12-7-14-5-3-4-6-16(14)13-18/h3-13,21H,2H2,1H3,(H,20,22). The van der Waals surface area contributed by atoms with E-state index in [9.17, 15) is 13.2 Å². The number of rotatable bonds is 5. The monoisotopic (exact) mass is 354 g/mol. The number of fused-ring (bicyclic) bond motifs is 1. The summed E-state index contributed by atoms with van der Waals surface area (Å²) in [5.41, 5.74) is 1.59. The number of amides is 1. The molecule has 0 radical (unpaired) electrons. The molecule has 1 amide bonds. The molecule has 5 nitrogen and oxygen atoms in total. The van der Waals surface area contributed by atoms with Gasteiger partial charge in [-0.05, 0) is 54.1 Å². The molecule has 0 aliphatic rings. The van der Waals surface area contributed by atoms with Crippen molar-refractivity contribution in [3.8, 4) is 0 Å². The molecule has 0 heterocycles. The fourth-order valence-electron chi connectivity index (χ4n) is 2.41. The Morgan fingerprint density at radius 3 is 2.20 bits per heavy atom. The minimum Gasteiger partial charge on any atom is -0.322 e. The van der Waals surface area contributed by atoms with E-state index in [-0.39, 0.29) is 11.7 Å². The maximum atomic E-state index is 12.4. The lowest BCUT2D eigenvalue weighted by Crippen LogP contribution is -2.15. The van der Waals surface area contributed by atoms with E-state index in [4.69, 9.17) is 0 Å². The highest BCUT2D eigenvalue weighted by Gasteiger charge is 2.09. The van der Waals surface area contributed by atoms with Gasteiger partial charge in [-0.3, -0.25) is 9.52 Å². The van der Waals surface area contributed by atoms with Crippen LogP contribution in [0.1, 0.15) is 17.3 Å². The number of benzene rings is 3. The van der Waals surface area contributed by atoms with Gasteiger partial charge in [0.15, 0.2) is 0 Å². The number of carbonyl (C=O) groups excluding carboxylic acids is 1. The Morgan fingerprint density at radius 2 is 1.52 bits per heavy atom. The van der Waals surface area contributed by atoms with E-state index >= 15 is 0 Å². The molecule has 0 unspecified atom stereocenters. The summed E-state index contributed by atoms with van der Waals surface area (Å²) in [6.45, 7) is 1.56. The Kier molecular flexibility index (Phi) is 4.72. The largest absolute Gasteiger partial charge is 0.322 e. The average Bonchev–Trinajstić information content (AvgIpc) is 2.62. The van der Waals surface area contributed by atoms with Crippen LogP contribution in [0.15, 0.2) is 66.7 Å². The molecule has 25 heavy (non-hydrogen) atoms. The number of hydrogen-bond acceptors (Lipinski definition) is 3. The van der Waals surface area contributed by atoms with Crippen LogP contribution in [0.4, 0.5) is 11.4 Å². The number of nitrogens with one attached hydrogen (secondary N) is 2. The molecule has 3 rings (SSSR count). The van der Waals surface area contributed by atoms with Gasteiger partial charge in [-0.25, -0.2) is 8.42 Å². The SMILES string of the molecule is CCS(=O)(=O)Nc1ccc(C(=O)Nc2ccc3ccccc3c2)cc1. The van der Waals surface area contributed by atoms with Crippen LogP contribution in [0.25, 0.3) is 10.8 Å². The molecular weight excluding hydrogens is 336 g/mol. The number of hydrogen-bond donors (Lipinski definition) is 2. The van der Waals surface area contributed by atoms with Crippen molar-refractivity contribution < 1.29 is 13.2 Å². The molecular formula is C19H18N2O3S. The zero-order valence-corrected chi connectivity index (χ0v) is 14.5. The van der Waals surface area contributed by atoms with Gasteiger partial charge in [-0.2, -0.15) is 0 Å². The van der Waals surface area contributed by atoms with Crippen LogP contribution in [-0.2, 0) is 10.0 Å². The van der Waals surface area contributed by atoms with Crippen molar-refractivity contribution in [2.75, 3.05) is 15.8 Å². The van der Waals surface area contributed by atoms with Gasteiger partial charge in [0, 0.05) is 16.9 Å². The Balaban J connectivity index is 1.74. The number of sulfonamides is 1. The van der Waals surface area contributed by atoms with Crippen LogP contribution in [0.2, 0.25) is 0 Å². The summed E-state index contributed by atoms with van der Waals surface area (Å²) < 4.78 is 25.5. The van der Waals surface area contributed by atoms with Crippen molar-refractivity contribution in [2.45, 2.75) is 6.92 Å². The van der Waals surface area contributed by atoms with Crippen LogP contribution in [0.5, 0.6) is 0 Å². The van der Waals surface area contributed by atoms with Crippen LogP contribution >= 0.6 is 0 Å². The Labute approximate surface area is 146 Å². The zero-order chi connectivity index (χ0) is 17.9. The average molecular weight is 354 g/mol. The van der Waals surface area contributed by atoms with Crippen LogP contribution in [0.3, 0.4) is 0 Å². The molecule has 0 saturated carbocycles. The Morgan fingerprint density at radius 1 is 0.880 bits per heavy atom. The van der Waals surface area contributed by atoms with Crippen molar-refractivity contribution in [2.24, 2.45) is 0 Å². The third-order valence-corrected chi connectivity index (χ3v) is 5.11. The van der Waals surface area contributed by atoms with Gasteiger partial charge in [0.05, 0.1) is 5.75 Å². The second-order valence-electron chi connectivity index (χ2n) is 5.60. The van der Waals surface area contributed by atoms with Crippen LogP contribution < -0.4 is 10.0 Å². The van der Waals surface area contributed by atoms with Gasteiger partial charge < -0.3 is 5.32 Å². The summed E-state index contributed by atoms with van der Waals surface area (Å²) in [6, 6.07) is 19.9. The second kappa shape index (κ2) is 6.94.